The van der Waals surface area contributed by atoms with E-state index in [2.05, 4.69) is 10.5 Å². The molecule has 5 heteroatoms. The summed E-state index contributed by atoms with van der Waals surface area (Å²) in [5, 5.41) is 3.87. The number of halogens is 1. The third-order valence-electron chi connectivity index (χ3n) is 2.74. The van der Waals surface area contributed by atoms with E-state index in [1.807, 2.05) is 13.8 Å². The van der Waals surface area contributed by atoms with Crippen molar-refractivity contribution in [1.29, 1.82) is 0 Å². The van der Waals surface area contributed by atoms with Crippen LogP contribution in [0.2, 0.25) is 0 Å². The Kier molecular flexibility index (Phi) is 5.25. The van der Waals surface area contributed by atoms with Gasteiger partial charge in [-0.25, -0.2) is 9.82 Å². The number of carbonyl (C=O) groups excluding carboxylic acids is 1. The third kappa shape index (κ3) is 4.41. The highest BCUT2D eigenvalue weighted by atomic mass is 19.1. The van der Waals surface area contributed by atoms with Crippen LogP contribution in [0.5, 0.6) is 5.75 Å². The number of nitrogens with zero attached hydrogens (tertiary/aromatic N) is 1. The van der Waals surface area contributed by atoms with Gasteiger partial charge in [0.1, 0.15) is 11.6 Å². The predicted octanol–water partition coefficient (Wildman–Crippen LogP) is 3.38. The lowest BCUT2D eigenvalue weighted by molar-refractivity contribution is 0.0949. The lowest BCUT2D eigenvalue weighted by atomic mass is 10.2. The first-order valence-corrected chi connectivity index (χ1v) is 6.91. The van der Waals surface area contributed by atoms with Gasteiger partial charge < -0.3 is 4.74 Å². The molecule has 0 aromatic heterocycles. The largest absolute Gasteiger partial charge is 0.490 e. The summed E-state index contributed by atoms with van der Waals surface area (Å²) in [6, 6.07) is 12.8. The van der Waals surface area contributed by atoms with Crippen molar-refractivity contribution in [3.8, 4) is 5.75 Å². The maximum absolute atomic E-state index is 12.8. The molecule has 0 unspecified atom stereocenters. The third-order valence-corrected chi connectivity index (χ3v) is 2.74. The highest BCUT2D eigenvalue weighted by Gasteiger charge is 2.12. The second-order valence-electron chi connectivity index (χ2n) is 4.91. The predicted molar refractivity (Wildman–Crippen MR) is 83.7 cm³/mol. The molecule has 0 atom stereocenters. The summed E-state index contributed by atoms with van der Waals surface area (Å²) < 4.78 is 18.4. The van der Waals surface area contributed by atoms with Crippen molar-refractivity contribution in [1.82, 2.24) is 5.43 Å². The van der Waals surface area contributed by atoms with Crippen LogP contribution in [0.3, 0.4) is 0 Å². The summed E-state index contributed by atoms with van der Waals surface area (Å²) in [5.41, 5.74) is 3.53. The molecule has 0 aliphatic carbocycles. The summed E-state index contributed by atoms with van der Waals surface area (Å²) in [4.78, 5) is 12.1. The first kappa shape index (κ1) is 15.7. The normalized spacial score (nSPS) is 10.9. The average molecular weight is 300 g/mol. The van der Waals surface area contributed by atoms with Crippen LogP contribution in [0.25, 0.3) is 0 Å². The van der Waals surface area contributed by atoms with Crippen molar-refractivity contribution in [3.63, 3.8) is 0 Å². The fourth-order valence-electron chi connectivity index (χ4n) is 1.79. The van der Waals surface area contributed by atoms with Crippen LogP contribution in [0, 0.1) is 5.82 Å². The molecule has 0 fully saturated rings. The van der Waals surface area contributed by atoms with Gasteiger partial charge in [0.15, 0.2) is 0 Å². The lowest BCUT2D eigenvalue weighted by Gasteiger charge is -2.12. The van der Waals surface area contributed by atoms with E-state index in [0.29, 0.717) is 16.9 Å². The molecule has 1 amide bonds. The summed E-state index contributed by atoms with van der Waals surface area (Å²) in [7, 11) is 0. The average Bonchev–Trinajstić information content (AvgIpc) is 2.49. The molecule has 0 aliphatic rings. The molecule has 0 saturated heterocycles. The van der Waals surface area contributed by atoms with E-state index in [-0.39, 0.29) is 17.8 Å². The first-order chi connectivity index (χ1) is 10.6. The topological polar surface area (TPSA) is 50.7 Å². The zero-order valence-corrected chi connectivity index (χ0v) is 12.4. The molecule has 1 N–H and O–H groups in total. The van der Waals surface area contributed by atoms with Gasteiger partial charge in [-0.15, -0.1) is 0 Å². The van der Waals surface area contributed by atoms with E-state index in [9.17, 15) is 9.18 Å². The van der Waals surface area contributed by atoms with Gasteiger partial charge in [0.25, 0.3) is 5.91 Å². The van der Waals surface area contributed by atoms with E-state index in [0.717, 1.165) is 0 Å². The molecule has 114 valence electrons. The zero-order chi connectivity index (χ0) is 15.9. The van der Waals surface area contributed by atoms with E-state index in [4.69, 9.17) is 4.74 Å². The molecular formula is C17H17FN2O2. The zero-order valence-electron chi connectivity index (χ0n) is 12.4. The Hall–Kier alpha value is -2.69. The summed E-state index contributed by atoms with van der Waals surface area (Å²) in [5.74, 6) is -0.178. The number of nitrogens with one attached hydrogen (secondary N) is 1. The second kappa shape index (κ2) is 7.36. The van der Waals surface area contributed by atoms with Crippen LogP contribution in [0.15, 0.2) is 53.6 Å². The lowest BCUT2D eigenvalue weighted by Crippen LogP contribution is -2.19. The van der Waals surface area contributed by atoms with E-state index in [1.54, 1.807) is 36.4 Å². The fourth-order valence-corrected chi connectivity index (χ4v) is 1.79. The number of rotatable bonds is 5. The van der Waals surface area contributed by atoms with Crippen molar-refractivity contribution in [2.75, 3.05) is 0 Å². The van der Waals surface area contributed by atoms with Crippen LogP contribution >= 0.6 is 0 Å². The minimum Gasteiger partial charge on any atom is -0.490 e. The van der Waals surface area contributed by atoms with E-state index in [1.165, 1.54) is 18.3 Å². The molecule has 0 heterocycles. The molecule has 2 aromatic rings. The van der Waals surface area contributed by atoms with Gasteiger partial charge in [0.05, 0.1) is 17.9 Å². The van der Waals surface area contributed by atoms with Crippen molar-refractivity contribution >= 4 is 12.1 Å². The Bertz CT molecular complexity index is 667. The van der Waals surface area contributed by atoms with Gasteiger partial charge in [0.2, 0.25) is 0 Å². The first-order valence-electron chi connectivity index (χ1n) is 6.91. The Morgan fingerprint density at radius 2 is 1.86 bits per heavy atom. The maximum atomic E-state index is 12.8. The summed E-state index contributed by atoms with van der Waals surface area (Å²) in [6.07, 6.45) is 1.42. The molecule has 2 aromatic carbocycles. The van der Waals surface area contributed by atoms with Gasteiger partial charge in [-0.2, -0.15) is 5.10 Å². The Labute approximate surface area is 128 Å². The van der Waals surface area contributed by atoms with Gasteiger partial charge >= 0.3 is 0 Å². The smallest absolute Gasteiger partial charge is 0.275 e. The number of hydrogen-bond donors (Lipinski definition) is 1. The SMILES string of the molecule is CC(C)Oc1ccccc1C(=O)NN=Cc1ccc(F)cc1. The molecule has 0 radical (unpaired) electrons. The number of hydrogen-bond acceptors (Lipinski definition) is 3. The summed E-state index contributed by atoms with van der Waals surface area (Å²) in [6.45, 7) is 3.78. The van der Waals surface area contributed by atoms with Crippen molar-refractivity contribution in [3.05, 3.63) is 65.5 Å². The van der Waals surface area contributed by atoms with Crippen molar-refractivity contribution in [2.45, 2.75) is 20.0 Å². The number of amides is 1. The monoisotopic (exact) mass is 300 g/mol. The Morgan fingerprint density at radius 3 is 2.55 bits per heavy atom. The highest BCUT2D eigenvalue weighted by Crippen LogP contribution is 2.19. The quantitative estimate of drug-likeness (QED) is 0.680. The number of ether oxygens (including phenoxy) is 1. The molecular weight excluding hydrogens is 283 g/mol. The van der Waals surface area contributed by atoms with Gasteiger partial charge in [-0.05, 0) is 43.7 Å². The second-order valence-corrected chi connectivity index (χ2v) is 4.91. The standard InChI is InChI=1S/C17H17FN2O2/c1-12(2)22-16-6-4-3-5-15(16)17(21)20-19-11-13-7-9-14(18)10-8-13/h3-12H,1-2H3,(H,20,21). The Morgan fingerprint density at radius 1 is 1.18 bits per heavy atom. The van der Waals surface area contributed by atoms with Gasteiger partial charge in [0, 0.05) is 0 Å². The van der Waals surface area contributed by atoms with Crippen molar-refractivity contribution in [2.24, 2.45) is 5.10 Å². The summed E-state index contributed by atoms with van der Waals surface area (Å²) >= 11 is 0. The minimum atomic E-state index is -0.366. The molecule has 0 aliphatic heterocycles. The van der Waals surface area contributed by atoms with E-state index >= 15 is 0 Å². The number of carbonyl (C=O) groups is 1. The van der Waals surface area contributed by atoms with Gasteiger partial charge in [-0.1, -0.05) is 24.3 Å². The fraction of sp³-hybridized carbons (Fsp3) is 0.176. The molecule has 2 rings (SSSR count). The number of para-hydroxylation sites is 1. The molecule has 0 saturated carbocycles. The van der Waals surface area contributed by atoms with Crippen LogP contribution in [0.4, 0.5) is 4.39 Å². The van der Waals surface area contributed by atoms with Crippen LogP contribution in [0.1, 0.15) is 29.8 Å². The van der Waals surface area contributed by atoms with Gasteiger partial charge in [-0.3, -0.25) is 4.79 Å². The Balaban J connectivity index is 2.04. The minimum absolute atomic E-state index is 0.0309. The van der Waals surface area contributed by atoms with Crippen LogP contribution in [-0.2, 0) is 0 Å². The molecule has 22 heavy (non-hydrogen) atoms. The van der Waals surface area contributed by atoms with Crippen molar-refractivity contribution < 1.29 is 13.9 Å². The highest BCUT2D eigenvalue weighted by molar-refractivity contribution is 5.97. The van der Waals surface area contributed by atoms with Crippen LogP contribution in [-0.4, -0.2) is 18.2 Å². The molecule has 4 nitrogen and oxygen atoms in total. The number of benzene rings is 2. The molecule has 0 bridgehead atoms. The molecule has 0 spiro atoms. The van der Waals surface area contributed by atoms with Crippen LogP contribution < -0.4 is 10.2 Å². The maximum Gasteiger partial charge on any atom is 0.275 e. The number of hydrazone groups is 1. The van der Waals surface area contributed by atoms with E-state index < -0.39 is 0 Å².